The van der Waals surface area contributed by atoms with E-state index in [2.05, 4.69) is 5.32 Å². The number of carbonyl (C=O) groups is 2. The van der Waals surface area contributed by atoms with E-state index >= 15 is 0 Å². The van der Waals surface area contributed by atoms with Crippen molar-refractivity contribution in [1.29, 1.82) is 0 Å². The Hall–Kier alpha value is -3.92. The Bertz CT molecular complexity index is 1370. The molecule has 0 aliphatic carbocycles. The highest BCUT2D eigenvalue weighted by atomic mass is 32.2. The van der Waals surface area contributed by atoms with Gasteiger partial charge >= 0.3 is 0 Å². The number of sulfonamides is 1. The van der Waals surface area contributed by atoms with Gasteiger partial charge in [-0.2, -0.15) is 0 Å². The van der Waals surface area contributed by atoms with Gasteiger partial charge in [-0.25, -0.2) is 12.8 Å². The molecule has 0 spiro atoms. The molecule has 8 nitrogen and oxygen atoms in total. The number of carbonyl (C=O) groups excluding carboxylic acids is 2. The predicted octanol–water partition coefficient (Wildman–Crippen LogP) is 4.75. The molecule has 0 saturated carbocycles. The van der Waals surface area contributed by atoms with Crippen molar-refractivity contribution in [2.45, 2.75) is 57.6 Å². The van der Waals surface area contributed by atoms with Crippen molar-refractivity contribution in [3.8, 4) is 5.75 Å². The second-order valence-electron chi connectivity index (χ2n) is 9.39. The molecule has 0 bridgehead atoms. The zero-order valence-electron chi connectivity index (χ0n) is 23.2. The van der Waals surface area contributed by atoms with Crippen molar-refractivity contribution < 1.29 is 27.1 Å². The number of nitrogens with zero attached hydrogens (tertiary/aromatic N) is 2. The molecule has 2 amide bonds. The second-order valence-corrected chi connectivity index (χ2v) is 11.3. The number of halogens is 1. The van der Waals surface area contributed by atoms with E-state index in [4.69, 9.17) is 4.74 Å². The minimum Gasteiger partial charge on any atom is -0.494 e. The van der Waals surface area contributed by atoms with E-state index in [9.17, 15) is 22.4 Å². The molecule has 3 aromatic rings. The fourth-order valence-corrected chi connectivity index (χ4v) is 5.37. The maximum absolute atomic E-state index is 13.9. The largest absolute Gasteiger partial charge is 0.494 e. The topological polar surface area (TPSA) is 96.0 Å². The molecule has 0 heterocycles. The second kappa shape index (κ2) is 13.9. The normalized spacial score (nSPS) is 12.7. The van der Waals surface area contributed by atoms with Crippen LogP contribution in [0.5, 0.6) is 5.75 Å². The molecular formula is C30H36FN3O5S. The highest BCUT2D eigenvalue weighted by Gasteiger charge is 2.32. The van der Waals surface area contributed by atoms with Crippen LogP contribution in [0.25, 0.3) is 0 Å². The molecule has 0 fully saturated rings. The Balaban J connectivity index is 1.98. The molecule has 3 aromatic carbocycles. The highest BCUT2D eigenvalue weighted by Crippen LogP contribution is 2.26. The van der Waals surface area contributed by atoms with Gasteiger partial charge < -0.3 is 15.0 Å². The van der Waals surface area contributed by atoms with E-state index in [1.807, 2.05) is 20.8 Å². The average molecular weight is 570 g/mol. The Morgan fingerprint density at radius 2 is 1.55 bits per heavy atom. The number of ether oxygens (including phenoxy) is 1. The van der Waals surface area contributed by atoms with Crippen LogP contribution in [0.1, 0.15) is 39.7 Å². The van der Waals surface area contributed by atoms with Gasteiger partial charge in [0.25, 0.3) is 10.0 Å². The van der Waals surface area contributed by atoms with E-state index in [-0.39, 0.29) is 23.4 Å². The van der Waals surface area contributed by atoms with Crippen molar-refractivity contribution in [3.63, 3.8) is 0 Å². The number of nitrogens with one attached hydrogen (secondary N) is 1. The minimum absolute atomic E-state index is 0.0137. The molecule has 0 radical (unpaired) electrons. The van der Waals surface area contributed by atoms with Gasteiger partial charge in [0.05, 0.1) is 17.2 Å². The lowest BCUT2D eigenvalue weighted by Crippen LogP contribution is -2.52. The average Bonchev–Trinajstić information content (AvgIpc) is 2.95. The smallest absolute Gasteiger partial charge is 0.264 e. The van der Waals surface area contributed by atoms with Gasteiger partial charge in [-0.05, 0) is 81.3 Å². The summed E-state index contributed by atoms with van der Waals surface area (Å²) in [7, 11) is -4.18. The third-order valence-corrected chi connectivity index (χ3v) is 8.27. The molecule has 10 heteroatoms. The fraction of sp³-hybridized carbons (Fsp3) is 0.333. The molecule has 214 valence electrons. The SMILES string of the molecule is CCOc1ccc(S(=O)(=O)N(CC(=O)N(Cc2ccc(F)cc2)[C@H](C)C(=O)N[C@@H](C)CC)c2ccccc2)cc1. The summed E-state index contributed by atoms with van der Waals surface area (Å²) in [6, 6.07) is 18.9. The van der Waals surface area contributed by atoms with E-state index < -0.39 is 34.3 Å². The lowest BCUT2D eigenvalue weighted by Gasteiger charge is -2.32. The Kier molecular flexibility index (Phi) is 10.7. The quantitative estimate of drug-likeness (QED) is 0.321. The van der Waals surface area contributed by atoms with E-state index in [0.29, 0.717) is 30.0 Å². The molecule has 1 N–H and O–H groups in total. The summed E-state index contributed by atoms with van der Waals surface area (Å²) in [6.45, 7) is 7.07. The first kappa shape index (κ1) is 30.6. The van der Waals surface area contributed by atoms with Crippen LogP contribution in [0.4, 0.5) is 10.1 Å². The molecule has 0 saturated heterocycles. The van der Waals surface area contributed by atoms with Crippen molar-refractivity contribution in [3.05, 3.63) is 90.2 Å². The van der Waals surface area contributed by atoms with Crippen molar-refractivity contribution >= 4 is 27.5 Å². The molecule has 40 heavy (non-hydrogen) atoms. The summed E-state index contributed by atoms with van der Waals surface area (Å²) in [5.74, 6) is -0.865. The van der Waals surface area contributed by atoms with Crippen LogP contribution < -0.4 is 14.4 Å². The monoisotopic (exact) mass is 569 g/mol. The molecule has 2 atom stereocenters. The van der Waals surface area contributed by atoms with Crippen molar-refractivity contribution in [2.24, 2.45) is 0 Å². The zero-order chi connectivity index (χ0) is 29.3. The Morgan fingerprint density at radius 3 is 2.12 bits per heavy atom. The first-order valence-electron chi connectivity index (χ1n) is 13.2. The fourth-order valence-electron chi connectivity index (χ4n) is 3.96. The third-order valence-electron chi connectivity index (χ3n) is 6.48. The maximum Gasteiger partial charge on any atom is 0.264 e. The predicted molar refractivity (Wildman–Crippen MR) is 153 cm³/mol. The van der Waals surface area contributed by atoms with Gasteiger partial charge in [-0.1, -0.05) is 37.3 Å². The molecule has 0 aliphatic rings. The lowest BCUT2D eigenvalue weighted by molar-refractivity contribution is -0.139. The van der Waals surface area contributed by atoms with Gasteiger partial charge in [0.2, 0.25) is 11.8 Å². The first-order chi connectivity index (χ1) is 19.1. The molecule has 0 unspecified atom stereocenters. The molecule has 0 aliphatic heterocycles. The number of hydrogen-bond acceptors (Lipinski definition) is 5. The van der Waals surface area contributed by atoms with Gasteiger partial charge in [-0.3, -0.25) is 13.9 Å². The van der Waals surface area contributed by atoms with Crippen LogP contribution in [0.2, 0.25) is 0 Å². The zero-order valence-corrected chi connectivity index (χ0v) is 24.0. The van der Waals surface area contributed by atoms with Crippen molar-refractivity contribution in [2.75, 3.05) is 17.5 Å². The van der Waals surface area contributed by atoms with Gasteiger partial charge in [0, 0.05) is 12.6 Å². The lowest BCUT2D eigenvalue weighted by atomic mass is 10.1. The Morgan fingerprint density at radius 1 is 0.925 bits per heavy atom. The molecule has 0 aromatic heterocycles. The third kappa shape index (κ3) is 7.81. The van der Waals surface area contributed by atoms with Crippen LogP contribution in [0, 0.1) is 5.82 Å². The van der Waals surface area contributed by atoms with E-state index in [0.717, 1.165) is 4.31 Å². The van der Waals surface area contributed by atoms with Gasteiger partial charge in [0.1, 0.15) is 24.2 Å². The van der Waals surface area contributed by atoms with Crippen molar-refractivity contribution in [1.82, 2.24) is 10.2 Å². The standard InChI is InChI=1S/C30H36FN3O5S/c1-5-22(3)32-30(36)23(4)33(20-24-12-14-25(31)15-13-24)29(35)21-34(26-10-8-7-9-11-26)40(37,38)28-18-16-27(17-19-28)39-6-2/h7-19,22-23H,5-6,20-21H2,1-4H3,(H,32,36)/t22-,23+/m0/s1. The van der Waals surface area contributed by atoms with Gasteiger partial charge in [-0.15, -0.1) is 0 Å². The summed E-state index contributed by atoms with van der Waals surface area (Å²) in [5, 5.41) is 2.88. The van der Waals surface area contributed by atoms with Gasteiger partial charge in [0.15, 0.2) is 0 Å². The van der Waals surface area contributed by atoms with E-state index in [1.54, 1.807) is 49.4 Å². The minimum atomic E-state index is -4.18. The van der Waals surface area contributed by atoms with Crippen LogP contribution >= 0.6 is 0 Å². The maximum atomic E-state index is 13.9. The summed E-state index contributed by atoms with van der Waals surface area (Å²) in [4.78, 5) is 28.2. The first-order valence-corrected chi connectivity index (χ1v) is 14.7. The molecular weight excluding hydrogens is 533 g/mol. The van der Waals surface area contributed by atoms with Crippen LogP contribution in [-0.2, 0) is 26.2 Å². The Labute approximate surface area is 235 Å². The summed E-state index contributed by atoms with van der Waals surface area (Å²) in [6.07, 6.45) is 0.701. The van der Waals surface area contributed by atoms with E-state index in [1.165, 1.54) is 41.3 Å². The van der Waals surface area contributed by atoms with Crippen LogP contribution in [0.3, 0.4) is 0 Å². The number of amides is 2. The van der Waals surface area contributed by atoms with Crippen LogP contribution in [0.15, 0.2) is 83.8 Å². The number of rotatable bonds is 13. The summed E-state index contributed by atoms with van der Waals surface area (Å²) >= 11 is 0. The van der Waals surface area contributed by atoms with Crippen LogP contribution in [-0.4, -0.2) is 50.4 Å². The number of hydrogen-bond donors (Lipinski definition) is 1. The number of benzene rings is 3. The summed E-state index contributed by atoms with van der Waals surface area (Å²) < 4.78 is 47.7. The number of para-hydroxylation sites is 1. The number of anilines is 1. The summed E-state index contributed by atoms with van der Waals surface area (Å²) in [5.41, 5.74) is 0.891. The molecule has 3 rings (SSSR count). The highest BCUT2D eigenvalue weighted by molar-refractivity contribution is 7.92.